The van der Waals surface area contributed by atoms with Crippen molar-refractivity contribution in [3.8, 4) is 0 Å². The second kappa shape index (κ2) is 22.5. The molecule has 0 atom stereocenters. The summed E-state index contributed by atoms with van der Waals surface area (Å²) in [7, 11) is 0. The first kappa shape index (κ1) is 25.4. The molecule has 0 radical (unpaired) electrons. The lowest BCUT2D eigenvalue weighted by molar-refractivity contribution is -0.137. The van der Waals surface area contributed by atoms with E-state index in [-0.39, 0.29) is 0 Å². The monoisotopic (exact) mass is 370 g/mol. The number of carboxylic acids is 1. The summed E-state index contributed by atoms with van der Waals surface area (Å²) in [5.74, 6) is -0.656. The Bertz CT molecular complexity index is 279. The van der Waals surface area contributed by atoms with Crippen LogP contribution in [0.4, 0.5) is 0 Å². The van der Waals surface area contributed by atoms with Gasteiger partial charge in [0.25, 0.3) is 0 Å². The molecule has 0 aliphatic rings. The maximum absolute atomic E-state index is 10.4. The highest BCUT2D eigenvalue weighted by molar-refractivity contribution is 5.66. The Hall–Kier alpha value is -0.570. The number of unbranched alkanes of at least 4 members (excludes halogenated alkanes) is 16. The molecule has 156 valence electrons. The molecule has 0 aliphatic heterocycles. The highest BCUT2D eigenvalue weighted by Crippen LogP contribution is 2.13. The zero-order valence-electron chi connectivity index (χ0n) is 17.6. The van der Waals surface area contributed by atoms with Crippen LogP contribution in [-0.2, 0) is 9.53 Å². The third-order valence-electron chi connectivity index (χ3n) is 5.07. The lowest BCUT2D eigenvalue weighted by atomic mass is 10.0. The highest BCUT2D eigenvalue weighted by atomic mass is 16.5. The van der Waals surface area contributed by atoms with Gasteiger partial charge in [0.2, 0.25) is 0 Å². The van der Waals surface area contributed by atoms with Crippen LogP contribution in [0.5, 0.6) is 0 Å². The van der Waals surface area contributed by atoms with E-state index < -0.39 is 5.97 Å². The molecule has 26 heavy (non-hydrogen) atoms. The van der Waals surface area contributed by atoms with E-state index in [0.717, 1.165) is 26.1 Å². The number of rotatable bonds is 22. The van der Waals surface area contributed by atoms with Gasteiger partial charge >= 0.3 is 5.97 Å². The maximum Gasteiger partial charge on any atom is 0.303 e. The molecule has 0 fully saturated rings. The van der Waals surface area contributed by atoms with Crippen molar-refractivity contribution in [2.24, 2.45) is 0 Å². The van der Waals surface area contributed by atoms with E-state index in [1.165, 1.54) is 103 Å². The number of ether oxygens (including phenoxy) is 1. The van der Waals surface area contributed by atoms with E-state index in [0.29, 0.717) is 6.42 Å². The third-order valence-corrected chi connectivity index (χ3v) is 5.07. The number of hydrogen-bond acceptors (Lipinski definition) is 2. The Labute approximate surface area is 163 Å². The first-order valence-electron chi connectivity index (χ1n) is 11.6. The van der Waals surface area contributed by atoms with Crippen molar-refractivity contribution in [3.05, 3.63) is 0 Å². The van der Waals surface area contributed by atoms with Gasteiger partial charge in [0, 0.05) is 19.6 Å². The van der Waals surface area contributed by atoms with Crippen molar-refractivity contribution in [1.29, 1.82) is 0 Å². The second-order valence-electron chi connectivity index (χ2n) is 7.77. The Morgan fingerprint density at radius 1 is 0.577 bits per heavy atom. The van der Waals surface area contributed by atoms with Crippen molar-refractivity contribution in [2.75, 3.05) is 13.2 Å². The quantitative estimate of drug-likeness (QED) is 0.200. The summed E-state index contributed by atoms with van der Waals surface area (Å²) in [5.41, 5.74) is 0. The summed E-state index contributed by atoms with van der Waals surface area (Å²) in [6.07, 6.45) is 23.6. The van der Waals surface area contributed by atoms with Crippen LogP contribution in [0.25, 0.3) is 0 Å². The zero-order chi connectivity index (χ0) is 19.1. The van der Waals surface area contributed by atoms with Gasteiger partial charge in [0.05, 0.1) is 0 Å². The molecular formula is C23H46O3. The van der Waals surface area contributed by atoms with Crippen molar-refractivity contribution in [2.45, 2.75) is 129 Å². The van der Waals surface area contributed by atoms with Crippen molar-refractivity contribution < 1.29 is 14.6 Å². The molecule has 0 heterocycles. The minimum Gasteiger partial charge on any atom is -0.481 e. The summed E-state index contributed by atoms with van der Waals surface area (Å²) in [6.45, 7) is 4.15. The molecular weight excluding hydrogens is 324 g/mol. The first-order chi connectivity index (χ1) is 12.8. The molecule has 0 aromatic heterocycles. The van der Waals surface area contributed by atoms with Crippen LogP contribution in [-0.4, -0.2) is 24.3 Å². The van der Waals surface area contributed by atoms with Gasteiger partial charge in [-0.3, -0.25) is 4.79 Å². The zero-order valence-corrected chi connectivity index (χ0v) is 17.6. The van der Waals surface area contributed by atoms with E-state index in [2.05, 4.69) is 6.92 Å². The van der Waals surface area contributed by atoms with E-state index in [4.69, 9.17) is 9.84 Å². The van der Waals surface area contributed by atoms with Gasteiger partial charge in [-0.05, 0) is 19.3 Å². The molecule has 0 amide bonds. The lowest BCUT2D eigenvalue weighted by Crippen LogP contribution is -1.96. The third kappa shape index (κ3) is 23.4. The largest absolute Gasteiger partial charge is 0.481 e. The fraction of sp³-hybridized carbons (Fsp3) is 0.957. The van der Waals surface area contributed by atoms with Gasteiger partial charge in [0.1, 0.15) is 0 Å². The van der Waals surface area contributed by atoms with Crippen LogP contribution in [0, 0.1) is 0 Å². The predicted molar refractivity (Wildman–Crippen MR) is 112 cm³/mol. The SMILES string of the molecule is CCCCCOCCCCCCCCCCCCCCCCCC(=O)O. The Morgan fingerprint density at radius 3 is 1.31 bits per heavy atom. The van der Waals surface area contributed by atoms with Gasteiger partial charge < -0.3 is 9.84 Å². The van der Waals surface area contributed by atoms with E-state index in [1.807, 2.05) is 0 Å². The molecule has 0 unspecified atom stereocenters. The lowest BCUT2D eigenvalue weighted by Gasteiger charge is -2.04. The van der Waals surface area contributed by atoms with Gasteiger partial charge in [-0.1, -0.05) is 103 Å². The Balaban J connectivity index is 2.98. The van der Waals surface area contributed by atoms with Crippen molar-refractivity contribution in [1.82, 2.24) is 0 Å². The van der Waals surface area contributed by atoms with Crippen LogP contribution in [0.1, 0.15) is 129 Å². The predicted octanol–water partition coefficient (Wildman–Crippen LogP) is 7.52. The Kier molecular flexibility index (Phi) is 22.0. The molecule has 0 saturated heterocycles. The highest BCUT2D eigenvalue weighted by Gasteiger charge is 1.97. The van der Waals surface area contributed by atoms with Gasteiger partial charge in [-0.2, -0.15) is 0 Å². The van der Waals surface area contributed by atoms with Crippen LogP contribution in [0.15, 0.2) is 0 Å². The molecule has 0 bridgehead atoms. The summed E-state index contributed by atoms with van der Waals surface area (Å²) in [5, 5.41) is 8.57. The molecule has 0 aromatic carbocycles. The van der Waals surface area contributed by atoms with Crippen molar-refractivity contribution in [3.63, 3.8) is 0 Å². The minimum absolute atomic E-state index is 0.340. The molecule has 1 N–H and O–H groups in total. The standard InChI is InChI=1S/C23H46O3/c1-2-3-18-21-26-22-19-16-14-12-10-8-6-4-5-7-9-11-13-15-17-20-23(24)25/h2-22H2,1H3,(H,24,25). The topological polar surface area (TPSA) is 46.5 Å². The maximum atomic E-state index is 10.4. The number of carbonyl (C=O) groups is 1. The minimum atomic E-state index is -0.656. The normalized spacial score (nSPS) is 11.1. The van der Waals surface area contributed by atoms with E-state index >= 15 is 0 Å². The number of hydrogen-bond donors (Lipinski definition) is 1. The molecule has 0 aliphatic carbocycles. The molecule has 0 saturated carbocycles. The first-order valence-corrected chi connectivity index (χ1v) is 11.6. The summed E-state index contributed by atoms with van der Waals surface area (Å²) in [4.78, 5) is 10.4. The molecule has 0 rings (SSSR count). The number of aliphatic carboxylic acids is 1. The number of carboxylic acid groups (broad SMARTS) is 1. The average Bonchev–Trinajstić information content (AvgIpc) is 2.62. The van der Waals surface area contributed by atoms with Gasteiger partial charge in [0.15, 0.2) is 0 Å². The molecule has 3 heteroatoms. The summed E-state index contributed by atoms with van der Waals surface area (Å²) in [6, 6.07) is 0. The fourth-order valence-corrected chi connectivity index (χ4v) is 3.33. The summed E-state index contributed by atoms with van der Waals surface area (Å²) < 4.78 is 5.64. The van der Waals surface area contributed by atoms with Crippen LogP contribution < -0.4 is 0 Å². The van der Waals surface area contributed by atoms with E-state index in [1.54, 1.807) is 0 Å². The van der Waals surface area contributed by atoms with Gasteiger partial charge in [-0.15, -0.1) is 0 Å². The molecule has 0 spiro atoms. The average molecular weight is 371 g/mol. The van der Waals surface area contributed by atoms with Crippen LogP contribution in [0.2, 0.25) is 0 Å². The summed E-state index contributed by atoms with van der Waals surface area (Å²) >= 11 is 0. The van der Waals surface area contributed by atoms with Gasteiger partial charge in [-0.25, -0.2) is 0 Å². The molecule has 0 aromatic rings. The smallest absolute Gasteiger partial charge is 0.303 e. The van der Waals surface area contributed by atoms with Crippen molar-refractivity contribution >= 4 is 5.97 Å². The van der Waals surface area contributed by atoms with Crippen LogP contribution in [0.3, 0.4) is 0 Å². The van der Waals surface area contributed by atoms with Crippen LogP contribution >= 0.6 is 0 Å². The molecule has 3 nitrogen and oxygen atoms in total. The Morgan fingerprint density at radius 2 is 0.923 bits per heavy atom. The fourth-order valence-electron chi connectivity index (χ4n) is 3.33. The second-order valence-corrected chi connectivity index (χ2v) is 7.77. The van der Waals surface area contributed by atoms with E-state index in [9.17, 15) is 4.79 Å².